The van der Waals surface area contributed by atoms with Gasteiger partial charge < -0.3 is 5.11 Å². The van der Waals surface area contributed by atoms with E-state index in [1.54, 1.807) is 39.0 Å². The summed E-state index contributed by atoms with van der Waals surface area (Å²) in [5.41, 5.74) is -1.02. The van der Waals surface area contributed by atoms with E-state index in [1.807, 2.05) is 0 Å². The molecular formula is C20H18F2N2O3. The number of pyridine rings is 1. The fraction of sp³-hybridized carbons (Fsp3) is 0.250. The van der Waals surface area contributed by atoms with Gasteiger partial charge >= 0.3 is 0 Å². The van der Waals surface area contributed by atoms with Crippen molar-refractivity contribution in [3.8, 4) is 0 Å². The second kappa shape index (κ2) is 6.57. The van der Waals surface area contributed by atoms with Crippen LogP contribution in [0.2, 0.25) is 0 Å². The van der Waals surface area contributed by atoms with E-state index in [9.17, 15) is 23.5 Å². The number of carbonyl (C=O) groups excluding carboxylic acids is 2. The zero-order chi connectivity index (χ0) is 19.9. The average molecular weight is 372 g/mol. The van der Waals surface area contributed by atoms with Gasteiger partial charge in [0.2, 0.25) is 0 Å². The zero-order valence-corrected chi connectivity index (χ0v) is 15.0. The third-order valence-corrected chi connectivity index (χ3v) is 4.27. The van der Waals surface area contributed by atoms with Gasteiger partial charge in [-0.1, -0.05) is 26.8 Å². The molecule has 140 valence electrons. The van der Waals surface area contributed by atoms with E-state index >= 15 is 0 Å². The molecule has 0 aliphatic carbocycles. The van der Waals surface area contributed by atoms with E-state index in [0.717, 1.165) is 17.0 Å². The molecular weight excluding hydrogens is 354 g/mol. The highest BCUT2D eigenvalue weighted by Gasteiger charge is 2.47. The lowest BCUT2D eigenvalue weighted by Crippen LogP contribution is -2.33. The first-order chi connectivity index (χ1) is 12.6. The number of Topliss-reactive ketones (excluding diaryl/α,β-unsaturated/α-hetero) is 1. The molecule has 0 spiro atoms. The fourth-order valence-electron chi connectivity index (χ4n) is 2.98. The third kappa shape index (κ3) is 3.20. The molecule has 5 nitrogen and oxygen atoms in total. The average Bonchev–Trinajstić information content (AvgIpc) is 2.86. The molecule has 1 unspecified atom stereocenters. The first-order valence-corrected chi connectivity index (χ1v) is 8.30. The van der Waals surface area contributed by atoms with Crippen molar-refractivity contribution in [3.63, 3.8) is 0 Å². The van der Waals surface area contributed by atoms with Gasteiger partial charge in [-0.3, -0.25) is 19.5 Å². The lowest BCUT2D eigenvalue weighted by Gasteiger charge is -2.28. The molecule has 2 heterocycles. The van der Waals surface area contributed by atoms with Crippen LogP contribution in [-0.4, -0.2) is 21.8 Å². The molecule has 0 radical (unpaired) electrons. The van der Waals surface area contributed by atoms with Crippen LogP contribution in [0, 0.1) is 17.0 Å². The zero-order valence-electron chi connectivity index (χ0n) is 15.0. The number of benzene rings is 1. The highest BCUT2D eigenvalue weighted by atomic mass is 19.1. The molecule has 0 saturated carbocycles. The number of aromatic nitrogens is 1. The van der Waals surface area contributed by atoms with E-state index in [4.69, 9.17) is 0 Å². The quantitative estimate of drug-likeness (QED) is 0.888. The van der Waals surface area contributed by atoms with Gasteiger partial charge in [-0.05, 0) is 24.3 Å². The van der Waals surface area contributed by atoms with Crippen LogP contribution in [0.25, 0.3) is 0 Å². The van der Waals surface area contributed by atoms with Gasteiger partial charge in [0, 0.05) is 17.7 Å². The van der Waals surface area contributed by atoms with Crippen LogP contribution in [0.15, 0.2) is 53.9 Å². The molecule has 1 N–H and O–H groups in total. The molecule has 0 saturated heterocycles. The summed E-state index contributed by atoms with van der Waals surface area (Å²) >= 11 is 0. The Balaban J connectivity index is 2.23. The molecule has 2 aromatic rings. The minimum atomic E-state index is -1.12. The van der Waals surface area contributed by atoms with Crippen molar-refractivity contribution in [3.05, 3.63) is 71.3 Å². The monoisotopic (exact) mass is 372 g/mol. The molecule has 0 fully saturated rings. The summed E-state index contributed by atoms with van der Waals surface area (Å²) < 4.78 is 27.7. The number of anilines is 1. The summed E-state index contributed by atoms with van der Waals surface area (Å²) in [7, 11) is 0. The predicted octanol–water partition coefficient (Wildman–Crippen LogP) is 3.88. The Morgan fingerprint density at radius 2 is 1.89 bits per heavy atom. The number of hydrogen-bond acceptors (Lipinski definition) is 4. The number of carbonyl (C=O) groups is 2. The molecule has 1 atom stereocenters. The number of amides is 1. The number of rotatable bonds is 3. The van der Waals surface area contributed by atoms with Gasteiger partial charge in [0.15, 0.2) is 11.5 Å². The summed E-state index contributed by atoms with van der Waals surface area (Å²) in [6.07, 6.45) is 1.47. The van der Waals surface area contributed by atoms with Gasteiger partial charge in [-0.25, -0.2) is 8.78 Å². The maximum Gasteiger partial charge on any atom is 0.294 e. The van der Waals surface area contributed by atoms with Crippen molar-refractivity contribution in [2.75, 3.05) is 4.90 Å². The van der Waals surface area contributed by atoms with Crippen LogP contribution in [0.5, 0.6) is 0 Å². The van der Waals surface area contributed by atoms with Crippen molar-refractivity contribution in [1.29, 1.82) is 0 Å². The molecule has 1 aromatic carbocycles. The maximum absolute atomic E-state index is 14.4. The summed E-state index contributed by atoms with van der Waals surface area (Å²) in [5, 5.41) is 10.4. The maximum atomic E-state index is 14.4. The van der Waals surface area contributed by atoms with Gasteiger partial charge in [-0.2, -0.15) is 0 Å². The van der Waals surface area contributed by atoms with Crippen LogP contribution in [0.1, 0.15) is 32.5 Å². The Hall–Kier alpha value is -3.09. The summed E-state index contributed by atoms with van der Waals surface area (Å²) in [6, 6.07) is 6.49. The number of aliphatic hydroxyl groups is 1. The number of nitrogens with zero attached hydrogens (tertiary/aromatic N) is 2. The predicted molar refractivity (Wildman–Crippen MR) is 94.9 cm³/mol. The van der Waals surface area contributed by atoms with E-state index in [-0.39, 0.29) is 17.0 Å². The van der Waals surface area contributed by atoms with Gasteiger partial charge in [0.05, 0.1) is 17.0 Å². The standard InChI is InChI=1S/C20H18F2N2O3/c1-20(2,3)18(26)15-16(13-6-4-5-9-23-13)24(19(27)17(15)25)14-8-7-11(21)10-12(14)22/h4-10,16,25H,1-3H3. The summed E-state index contributed by atoms with van der Waals surface area (Å²) in [4.78, 5) is 30.8. The first-order valence-electron chi connectivity index (χ1n) is 8.30. The number of ketones is 1. The van der Waals surface area contributed by atoms with E-state index in [1.165, 1.54) is 6.20 Å². The van der Waals surface area contributed by atoms with E-state index < -0.39 is 40.5 Å². The fourth-order valence-corrected chi connectivity index (χ4v) is 2.98. The second-order valence-electron chi connectivity index (χ2n) is 7.27. The van der Waals surface area contributed by atoms with Gasteiger partial charge in [0.1, 0.15) is 17.7 Å². The molecule has 1 aromatic heterocycles. The van der Waals surface area contributed by atoms with Crippen LogP contribution >= 0.6 is 0 Å². The van der Waals surface area contributed by atoms with Crippen LogP contribution in [0.4, 0.5) is 14.5 Å². The molecule has 1 aliphatic heterocycles. The highest BCUT2D eigenvalue weighted by Crippen LogP contribution is 2.43. The smallest absolute Gasteiger partial charge is 0.294 e. The minimum absolute atomic E-state index is 0.157. The van der Waals surface area contributed by atoms with E-state index in [2.05, 4.69) is 4.98 Å². The Morgan fingerprint density at radius 3 is 2.44 bits per heavy atom. The topological polar surface area (TPSA) is 70.5 Å². The lowest BCUT2D eigenvalue weighted by molar-refractivity contribution is -0.123. The van der Waals surface area contributed by atoms with Crippen molar-refractivity contribution in [1.82, 2.24) is 4.98 Å². The Kier molecular flexibility index (Phi) is 4.55. The van der Waals surface area contributed by atoms with E-state index in [0.29, 0.717) is 6.07 Å². The molecule has 3 rings (SSSR count). The van der Waals surface area contributed by atoms with Crippen LogP contribution in [-0.2, 0) is 9.59 Å². The van der Waals surface area contributed by atoms with Gasteiger partial charge in [0.25, 0.3) is 5.91 Å². The molecule has 1 aliphatic rings. The summed E-state index contributed by atoms with van der Waals surface area (Å²) in [6.45, 7) is 4.95. The Bertz CT molecular complexity index is 949. The Morgan fingerprint density at radius 1 is 1.19 bits per heavy atom. The number of hydrogen-bond donors (Lipinski definition) is 1. The van der Waals surface area contributed by atoms with Crippen molar-refractivity contribution in [2.45, 2.75) is 26.8 Å². The van der Waals surface area contributed by atoms with Crippen LogP contribution < -0.4 is 4.90 Å². The van der Waals surface area contributed by atoms with Crippen molar-refractivity contribution >= 4 is 17.4 Å². The number of halogens is 2. The normalized spacial score (nSPS) is 17.6. The molecule has 0 bridgehead atoms. The Labute approximate surface area is 155 Å². The van der Waals surface area contributed by atoms with Crippen molar-refractivity contribution < 1.29 is 23.5 Å². The van der Waals surface area contributed by atoms with Gasteiger partial charge in [-0.15, -0.1) is 0 Å². The third-order valence-electron chi connectivity index (χ3n) is 4.27. The lowest BCUT2D eigenvalue weighted by atomic mass is 9.83. The molecule has 27 heavy (non-hydrogen) atoms. The number of aliphatic hydroxyl groups excluding tert-OH is 1. The first kappa shape index (κ1) is 18.7. The largest absolute Gasteiger partial charge is 0.503 e. The molecule has 1 amide bonds. The minimum Gasteiger partial charge on any atom is -0.503 e. The van der Waals surface area contributed by atoms with Crippen LogP contribution in [0.3, 0.4) is 0 Å². The highest BCUT2D eigenvalue weighted by molar-refractivity contribution is 6.17. The molecule has 7 heteroatoms. The second-order valence-corrected chi connectivity index (χ2v) is 7.27. The SMILES string of the molecule is CC(C)(C)C(=O)C1=C(O)C(=O)N(c2ccc(F)cc2F)C1c1ccccn1. The van der Waals surface area contributed by atoms with Crippen molar-refractivity contribution in [2.24, 2.45) is 5.41 Å². The summed E-state index contributed by atoms with van der Waals surface area (Å²) in [5.74, 6) is -3.95.